The average molecular weight is 293 g/mol. The third-order valence-electron chi connectivity index (χ3n) is 3.07. The van der Waals surface area contributed by atoms with Gasteiger partial charge >= 0.3 is 0 Å². The molecule has 0 aromatic heterocycles. The molecule has 3 nitrogen and oxygen atoms in total. The van der Waals surface area contributed by atoms with Crippen LogP contribution in [0, 0.1) is 0 Å². The molecule has 0 aliphatic carbocycles. The molecule has 1 unspecified atom stereocenters. The monoisotopic (exact) mass is 293 g/mol. The van der Waals surface area contributed by atoms with E-state index in [-0.39, 0.29) is 0 Å². The Labute approximate surface area is 132 Å². The third-order valence-corrected chi connectivity index (χ3v) is 3.07. The summed E-state index contributed by atoms with van der Waals surface area (Å²) in [6.45, 7) is 14.9. The van der Waals surface area contributed by atoms with Gasteiger partial charge in [0.1, 0.15) is 0 Å². The van der Waals surface area contributed by atoms with E-state index >= 15 is 0 Å². The van der Waals surface area contributed by atoms with Gasteiger partial charge in [0.05, 0.1) is 0 Å². The Morgan fingerprint density at radius 2 is 1.76 bits per heavy atom. The van der Waals surface area contributed by atoms with Gasteiger partial charge in [0, 0.05) is 19.6 Å². The van der Waals surface area contributed by atoms with Gasteiger partial charge in [-0.1, -0.05) is 51.1 Å². The first-order chi connectivity index (χ1) is 10.2. The summed E-state index contributed by atoms with van der Waals surface area (Å²) in [5, 5.41) is 3.28. The van der Waals surface area contributed by atoms with Crippen LogP contribution in [0.5, 0.6) is 0 Å². The predicted octanol–water partition coefficient (Wildman–Crippen LogP) is 3.85. The molecule has 0 spiro atoms. The summed E-state index contributed by atoms with van der Waals surface area (Å²) in [6.07, 6.45) is 1.21. The highest BCUT2D eigenvalue weighted by Gasteiger charge is 2.05. The highest BCUT2D eigenvalue weighted by atomic mass is 15.1. The van der Waals surface area contributed by atoms with Gasteiger partial charge in [-0.25, -0.2) is 0 Å². The molecule has 1 N–H and O–H groups in total. The zero-order valence-corrected chi connectivity index (χ0v) is 14.9. The lowest BCUT2D eigenvalue weighted by Gasteiger charge is -2.22. The lowest BCUT2D eigenvalue weighted by molar-refractivity contribution is 0.265. The molecule has 0 bridgehead atoms. The largest absolute Gasteiger partial charge is 0.317 e. The van der Waals surface area contributed by atoms with Gasteiger partial charge in [-0.3, -0.25) is 4.90 Å². The maximum Gasteiger partial charge on any atom is 0.0269 e. The van der Waals surface area contributed by atoms with Gasteiger partial charge in [-0.05, 0) is 45.8 Å². The molecule has 1 aromatic carbocycles. The summed E-state index contributed by atoms with van der Waals surface area (Å²) in [5.74, 6) is 0. The smallest absolute Gasteiger partial charge is 0.0269 e. The normalized spacial score (nSPS) is 10.8. The van der Waals surface area contributed by atoms with Crippen LogP contribution in [0.2, 0.25) is 0 Å². The van der Waals surface area contributed by atoms with Crippen LogP contribution >= 0.6 is 0 Å². The Morgan fingerprint density at radius 3 is 2.19 bits per heavy atom. The Morgan fingerprint density at radius 1 is 1.24 bits per heavy atom. The summed E-state index contributed by atoms with van der Waals surface area (Å²) in [6, 6.07) is 11.3. The first-order valence-corrected chi connectivity index (χ1v) is 7.96. The third kappa shape index (κ3) is 13.5. The number of nitrogens with one attached hydrogen (secondary N) is 1. The van der Waals surface area contributed by atoms with Crippen LogP contribution in [0.1, 0.15) is 39.7 Å². The summed E-state index contributed by atoms with van der Waals surface area (Å²) in [5.41, 5.74) is 1.40. The van der Waals surface area contributed by atoms with E-state index in [0.717, 1.165) is 19.6 Å². The first kappa shape index (κ1) is 22.1. The SMILES string of the molecule is C=NC.CC.CCN(CCC(C)NC)Cc1ccccc1. The van der Waals surface area contributed by atoms with E-state index in [0.29, 0.717) is 6.04 Å². The number of hydrogen-bond acceptors (Lipinski definition) is 3. The van der Waals surface area contributed by atoms with Crippen LogP contribution in [0.15, 0.2) is 35.3 Å². The average Bonchev–Trinajstić information content (AvgIpc) is 2.54. The van der Waals surface area contributed by atoms with Crippen LogP contribution in [0.4, 0.5) is 0 Å². The molecule has 21 heavy (non-hydrogen) atoms. The maximum absolute atomic E-state index is 3.28. The van der Waals surface area contributed by atoms with E-state index in [2.05, 4.69) is 66.1 Å². The van der Waals surface area contributed by atoms with Crippen LogP contribution in [-0.2, 0) is 6.54 Å². The van der Waals surface area contributed by atoms with Crippen molar-refractivity contribution in [1.82, 2.24) is 10.2 Å². The molecule has 122 valence electrons. The van der Waals surface area contributed by atoms with Crippen LogP contribution in [0.3, 0.4) is 0 Å². The number of hydrogen-bond donors (Lipinski definition) is 1. The van der Waals surface area contributed by atoms with Crippen LogP contribution in [0.25, 0.3) is 0 Å². The van der Waals surface area contributed by atoms with E-state index in [1.165, 1.54) is 12.0 Å². The second-order valence-electron chi connectivity index (χ2n) is 4.65. The summed E-state index contributed by atoms with van der Waals surface area (Å²) in [4.78, 5) is 5.74. The van der Waals surface area contributed by atoms with Crippen molar-refractivity contribution >= 4 is 6.72 Å². The molecule has 3 heteroatoms. The van der Waals surface area contributed by atoms with Gasteiger partial charge in [0.2, 0.25) is 0 Å². The fourth-order valence-corrected chi connectivity index (χ4v) is 1.71. The van der Waals surface area contributed by atoms with Crippen LogP contribution in [-0.4, -0.2) is 44.8 Å². The fourth-order valence-electron chi connectivity index (χ4n) is 1.71. The van der Waals surface area contributed by atoms with E-state index in [9.17, 15) is 0 Å². The van der Waals surface area contributed by atoms with Crippen molar-refractivity contribution in [1.29, 1.82) is 0 Å². The summed E-state index contributed by atoms with van der Waals surface area (Å²) >= 11 is 0. The van der Waals surface area contributed by atoms with Crippen molar-refractivity contribution < 1.29 is 0 Å². The molecule has 1 rings (SSSR count). The Bertz CT molecular complexity index is 311. The maximum atomic E-state index is 3.28. The molecule has 0 heterocycles. The van der Waals surface area contributed by atoms with Crippen molar-refractivity contribution in [3.63, 3.8) is 0 Å². The Hall–Kier alpha value is -1.19. The number of rotatable bonds is 7. The molecule has 0 saturated carbocycles. The van der Waals surface area contributed by atoms with Gasteiger partial charge < -0.3 is 10.3 Å². The van der Waals surface area contributed by atoms with Crippen molar-refractivity contribution in [3.05, 3.63) is 35.9 Å². The van der Waals surface area contributed by atoms with E-state index in [1.54, 1.807) is 7.05 Å². The van der Waals surface area contributed by atoms with E-state index < -0.39 is 0 Å². The molecule has 0 radical (unpaired) electrons. The molecular formula is C18H35N3. The van der Waals surface area contributed by atoms with Crippen LogP contribution < -0.4 is 5.32 Å². The zero-order valence-electron chi connectivity index (χ0n) is 14.9. The number of nitrogens with zero attached hydrogens (tertiary/aromatic N) is 2. The zero-order chi connectivity index (χ0) is 16.5. The first-order valence-electron chi connectivity index (χ1n) is 7.96. The van der Waals surface area contributed by atoms with Gasteiger partial charge in [-0.15, -0.1) is 0 Å². The van der Waals surface area contributed by atoms with Gasteiger partial charge in [0.15, 0.2) is 0 Å². The lowest BCUT2D eigenvalue weighted by atomic mass is 10.2. The summed E-state index contributed by atoms with van der Waals surface area (Å²) < 4.78 is 0. The molecule has 0 aliphatic rings. The number of benzene rings is 1. The Balaban J connectivity index is 0. The van der Waals surface area contributed by atoms with Crippen molar-refractivity contribution in [2.24, 2.45) is 4.99 Å². The molecule has 0 fully saturated rings. The lowest BCUT2D eigenvalue weighted by Crippen LogP contribution is -2.30. The minimum atomic E-state index is 0.602. The molecule has 0 amide bonds. The summed E-state index contributed by atoms with van der Waals surface area (Å²) in [7, 11) is 3.66. The van der Waals surface area contributed by atoms with E-state index in [1.807, 2.05) is 20.9 Å². The number of aliphatic imine (C=N–C) groups is 1. The molecule has 1 atom stereocenters. The van der Waals surface area contributed by atoms with Gasteiger partial charge in [0.25, 0.3) is 0 Å². The second-order valence-corrected chi connectivity index (χ2v) is 4.65. The molecule has 0 aliphatic heterocycles. The topological polar surface area (TPSA) is 27.6 Å². The quantitative estimate of drug-likeness (QED) is 0.773. The standard InChI is InChI=1S/C14H24N2.C2H5N.C2H6/c1-4-16(11-10-13(2)15-3)12-14-8-6-5-7-9-14;1-3-2;1-2/h5-9,13,15H,4,10-12H2,1-3H3;1H2,2H3;1-2H3. The predicted molar refractivity (Wildman–Crippen MR) is 97.4 cm³/mol. The van der Waals surface area contributed by atoms with Gasteiger partial charge in [-0.2, -0.15) is 0 Å². The highest BCUT2D eigenvalue weighted by molar-refractivity contribution is 5.22. The minimum Gasteiger partial charge on any atom is -0.317 e. The van der Waals surface area contributed by atoms with Crippen molar-refractivity contribution in [2.45, 2.75) is 46.7 Å². The Kier molecular flexibility index (Phi) is 17.7. The molecule has 1 aromatic rings. The molecular weight excluding hydrogens is 258 g/mol. The second kappa shape index (κ2) is 16.9. The fraction of sp³-hybridized carbons (Fsp3) is 0.611. The van der Waals surface area contributed by atoms with E-state index in [4.69, 9.17) is 0 Å². The molecule has 0 saturated heterocycles. The minimum absolute atomic E-state index is 0.602. The van der Waals surface area contributed by atoms with Crippen molar-refractivity contribution in [3.8, 4) is 0 Å². The highest BCUT2D eigenvalue weighted by Crippen LogP contribution is 2.05. The van der Waals surface area contributed by atoms with Crippen molar-refractivity contribution in [2.75, 3.05) is 27.2 Å².